The second-order valence-electron chi connectivity index (χ2n) is 5.17. The predicted molar refractivity (Wildman–Crippen MR) is 83.0 cm³/mol. The average Bonchev–Trinajstić information content (AvgIpc) is 2.83. The maximum atomic E-state index is 12.0. The number of anilines is 1. The van der Waals surface area contributed by atoms with E-state index in [0.29, 0.717) is 6.54 Å². The largest absolute Gasteiger partial charge is 0.326 e. The van der Waals surface area contributed by atoms with Crippen molar-refractivity contribution in [2.75, 3.05) is 18.4 Å². The molecule has 0 spiro atoms. The molecule has 118 valence electrons. The van der Waals surface area contributed by atoms with E-state index in [1.54, 1.807) is 0 Å². The molecule has 1 heterocycles. The maximum Gasteiger partial charge on any atom is 0.229 e. The van der Waals surface area contributed by atoms with Gasteiger partial charge in [-0.1, -0.05) is 25.1 Å². The normalized spacial score (nSPS) is 14.5. The Morgan fingerprint density at radius 3 is 2.55 bits per heavy atom. The van der Waals surface area contributed by atoms with Crippen molar-refractivity contribution in [3.63, 3.8) is 0 Å². The molecule has 1 aromatic carbocycles. The minimum Gasteiger partial charge on any atom is -0.326 e. The number of carbonyl (C=O) groups excluding carboxylic acids is 3. The van der Waals surface area contributed by atoms with E-state index in [-0.39, 0.29) is 43.5 Å². The third-order valence-corrected chi connectivity index (χ3v) is 3.57. The maximum absolute atomic E-state index is 12.0. The molecule has 0 bridgehead atoms. The van der Waals surface area contributed by atoms with E-state index in [1.165, 1.54) is 4.90 Å². The summed E-state index contributed by atoms with van der Waals surface area (Å²) in [6, 6.07) is 7.57. The number of nitrogens with one attached hydrogen (secondary N) is 2. The van der Waals surface area contributed by atoms with Crippen LogP contribution in [-0.2, 0) is 20.9 Å². The van der Waals surface area contributed by atoms with Gasteiger partial charge < -0.3 is 10.6 Å². The third-order valence-electron chi connectivity index (χ3n) is 3.57. The summed E-state index contributed by atoms with van der Waals surface area (Å²) in [5.74, 6) is -0.577. The number of nitrogens with zero attached hydrogens (tertiary/aromatic N) is 1. The Kier molecular flexibility index (Phi) is 5.66. The van der Waals surface area contributed by atoms with Crippen LogP contribution in [0.4, 0.5) is 5.69 Å². The van der Waals surface area contributed by atoms with Crippen LogP contribution in [0.1, 0.15) is 31.7 Å². The summed E-state index contributed by atoms with van der Waals surface area (Å²) in [5.41, 5.74) is 1.76. The second-order valence-corrected chi connectivity index (χ2v) is 5.17. The number of hydrogen-bond acceptors (Lipinski definition) is 4. The fourth-order valence-corrected chi connectivity index (χ4v) is 2.35. The molecular formula is C16H21N3O3. The number of para-hydroxylation sites is 1. The van der Waals surface area contributed by atoms with Crippen molar-refractivity contribution in [1.29, 1.82) is 0 Å². The predicted octanol–water partition coefficient (Wildman–Crippen LogP) is 1.27. The van der Waals surface area contributed by atoms with Gasteiger partial charge in [-0.15, -0.1) is 0 Å². The monoisotopic (exact) mass is 303 g/mol. The Labute approximate surface area is 129 Å². The molecule has 1 aliphatic rings. The fraction of sp³-hybridized carbons (Fsp3) is 0.438. The van der Waals surface area contributed by atoms with Gasteiger partial charge in [0.05, 0.1) is 0 Å². The first-order valence-corrected chi connectivity index (χ1v) is 7.53. The molecule has 0 saturated carbocycles. The van der Waals surface area contributed by atoms with Crippen molar-refractivity contribution in [3.8, 4) is 0 Å². The molecule has 0 aliphatic carbocycles. The quantitative estimate of drug-likeness (QED) is 0.744. The number of rotatable bonds is 7. The Balaban J connectivity index is 1.89. The van der Waals surface area contributed by atoms with Crippen molar-refractivity contribution in [2.45, 2.75) is 32.7 Å². The molecule has 2 N–H and O–H groups in total. The van der Waals surface area contributed by atoms with E-state index in [2.05, 4.69) is 10.6 Å². The van der Waals surface area contributed by atoms with Crippen LogP contribution in [0.3, 0.4) is 0 Å². The summed E-state index contributed by atoms with van der Waals surface area (Å²) in [6.07, 6.45) is 0.630. The lowest BCUT2D eigenvalue weighted by molar-refractivity contribution is -0.138. The van der Waals surface area contributed by atoms with Crippen molar-refractivity contribution in [3.05, 3.63) is 29.8 Å². The van der Waals surface area contributed by atoms with Crippen LogP contribution in [0.2, 0.25) is 0 Å². The van der Waals surface area contributed by atoms with Gasteiger partial charge in [-0.2, -0.15) is 0 Å². The van der Waals surface area contributed by atoms with Crippen molar-refractivity contribution in [1.82, 2.24) is 10.2 Å². The van der Waals surface area contributed by atoms with E-state index in [4.69, 9.17) is 0 Å². The summed E-state index contributed by atoms with van der Waals surface area (Å²) >= 11 is 0. The fourth-order valence-electron chi connectivity index (χ4n) is 2.35. The molecule has 0 radical (unpaired) electrons. The molecule has 1 fully saturated rings. The highest BCUT2D eigenvalue weighted by molar-refractivity contribution is 6.02. The first-order chi connectivity index (χ1) is 10.6. The molecule has 6 heteroatoms. The van der Waals surface area contributed by atoms with Gasteiger partial charge in [-0.05, 0) is 18.2 Å². The van der Waals surface area contributed by atoms with Crippen LogP contribution in [0.25, 0.3) is 0 Å². The summed E-state index contributed by atoms with van der Waals surface area (Å²) in [6.45, 7) is 3.70. The molecule has 6 nitrogen and oxygen atoms in total. The number of imide groups is 1. The zero-order valence-corrected chi connectivity index (χ0v) is 12.7. The van der Waals surface area contributed by atoms with Crippen LogP contribution >= 0.6 is 0 Å². The number of hydrogen-bond donors (Lipinski definition) is 2. The Morgan fingerprint density at radius 2 is 1.86 bits per heavy atom. The van der Waals surface area contributed by atoms with Crippen molar-refractivity contribution >= 4 is 23.4 Å². The van der Waals surface area contributed by atoms with Gasteiger partial charge in [0.25, 0.3) is 0 Å². The minimum atomic E-state index is -0.198. The second kappa shape index (κ2) is 7.70. The molecule has 0 aromatic heterocycles. The molecule has 3 amide bonds. The molecule has 1 aliphatic heterocycles. The van der Waals surface area contributed by atoms with E-state index in [1.807, 2.05) is 31.2 Å². The highest BCUT2D eigenvalue weighted by Gasteiger charge is 2.28. The molecule has 22 heavy (non-hydrogen) atoms. The standard InChI is InChI=1S/C16H21N3O3/c1-2-17-11-12-5-3-4-6-13(12)18-14(20)9-10-19-15(21)7-8-16(19)22/h3-6,17H,2,7-11H2,1H3,(H,18,20). The minimum absolute atomic E-state index is 0.118. The first kappa shape index (κ1) is 16.2. The highest BCUT2D eigenvalue weighted by atomic mass is 16.2. The van der Waals surface area contributed by atoms with E-state index in [0.717, 1.165) is 17.8 Å². The topological polar surface area (TPSA) is 78.5 Å². The molecule has 0 atom stereocenters. The van der Waals surface area contributed by atoms with Gasteiger partial charge in [0, 0.05) is 38.0 Å². The average molecular weight is 303 g/mol. The summed E-state index contributed by atoms with van der Waals surface area (Å²) in [7, 11) is 0. The number of carbonyl (C=O) groups is 3. The smallest absolute Gasteiger partial charge is 0.229 e. The van der Waals surface area contributed by atoms with Gasteiger partial charge in [-0.25, -0.2) is 0 Å². The van der Waals surface area contributed by atoms with Gasteiger partial charge in [-0.3, -0.25) is 19.3 Å². The zero-order valence-electron chi connectivity index (χ0n) is 12.7. The van der Waals surface area contributed by atoms with Crippen LogP contribution in [0.5, 0.6) is 0 Å². The van der Waals surface area contributed by atoms with Crippen LogP contribution in [0.15, 0.2) is 24.3 Å². The van der Waals surface area contributed by atoms with Gasteiger partial charge in [0.1, 0.15) is 0 Å². The number of amides is 3. The van der Waals surface area contributed by atoms with Gasteiger partial charge in [0.2, 0.25) is 17.7 Å². The lowest BCUT2D eigenvalue weighted by Gasteiger charge is -2.14. The van der Waals surface area contributed by atoms with Crippen molar-refractivity contribution in [2.24, 2.45) is 0 Å². The van der Waals surface area contributed by atoms with Crippen LogP contribution < -0.4 is 10.6 Å². The van der Waals surface area contributed by atoms with E-state index >= 15 is 0 Å². The molecule has 2 rings (SSSR count). The summed E-state index contributed by atoms with van der Waals surface area (Å²) in [5, 5.41) is 6.06. The molecule has 1 aromatic rings. The lowest BCUT2D eigenvalue weighted by Crippen LogP contribution is -2.32. The summed E-state index contributed by atoms with van der Waals surface area (Å²) in [4.78, 5) is 36.2. The van der Waals surface area contributed by atoms with Gasteiger partial charge >= 0.3 is 0 Å². The van der Waals surface area contributed by atoms with Crippen molar-refractivity contribution < 1.29 is 14.4 Å². The SMILES string of the molecule is CCNCc1ccccc1NC(=O)CCN1C(=O)CCC1=O. The Morgan fingerprint density at radius 1 is 1.18 bits per heavy atom. The number of likely N-dealkylation sites (tertiary alicyclic amines) is 1. The third kappa shape index (κ3) is 4.14. The lowest BCUT2D eigenvalue weighted by atomic mass is 10.1. The zero-order chi connectivity index (χ0) is 15.9. The van der Waals surface area contributed by atoms with E-state index < -0.39 is 0 Å². The molecule has 1 saturated heterocycles. The van der Waals surface area contributed by atoms with E-state index in [9.17, 15) is 14.4 Å². The first-order valence-electron chi connectivity index (χ1n) is 7.53. The molecule has 0 unspecified atom stereocenters. The number of benzene rings is 1. The molecular weight excluding hydrogens is 282 g/mol. The Hall–Kier alpha value is -2.21. The van der Waals surface area contributed by atoms with Crippen LogP contribution in [-0.4, -0.2) is 35.7 Å². The summed E-state index contributed by atoms with van der Waals surface area (Å²) < 4.78 is 0. The Bertz CT molecular complexity index is 556. The van der Waals surface area contributed by atoms with Crippen LogP contribution in [0, 0.1) is 0 Å². The van der Waals surface area contributed by atoms with Gasteiger partial charge in [0.15, 0.2) is 0 Å². The highest BCUT2D eigenvalue weighted by Crippen LogP contribution is 2.16.